The summed E-state index contributed by atoms with van der Waals surface area (Å²) < 4.78 is 4.17. The molecule has 1 amide bonds. The molecule has 2 saturated carbocycles. The monoisotopic (exact) mass is 461 g/mol. The minimum Gasteiger partial charge on any atom is -0.336 e. The molecule has 4 rings (SSSR count). The predicted molar refractivity (Wildman–Crippen MR) is 127 cm³/mol. The second-order valence-electron chi connectivity index (χ2n) is 8.91. The molecule has 0 atom stereocenters. The van der Waals surface area contributed by atoms with Gasteiger partial charge in [-0.3, -0.25) is 9.36 Å². The van der Waals surface area contributed by atoms with Crippen LogP contribution in [0.25, 0.3) is 5.69 Å². The lowest BCUT2D eigenvalue weighted by molar-refractivity contribution is 0.0680. The molecule has 2 aromatic rings. The second kappa shape index (κ2) is 9.84. The van der Waals surface area contributed by atoms with Crippen LogP contribution < -0.4 is 0 Å². The third-order valence-electron chi connectivity index (χ3n) is 6.61. The number of benzene rings is 1. The van der Waals surface area contributed by atoms with Crippen LogP contribution in [0.2, 0.25) is 5.02 Å². The topological polar surface area (TPSA) is 46.3 Å². The van der Waals surface area contributed by atoms with E-state index in [0.29, 0.717) is 22.2 Å². The number of amides is 1. The van der Waals surface area contributed by atoms with E-state index in [9.17, 15) is 4.79 Å². The van der Waals surface area contributed by atoms with Crippen molar-refractivity contribution in [2.75, 3.05) is 20.6 Å². The molecule has 1 aromatic carbocycles. The Kier molecular flexibility index (Phi) is 7.14. The molecule has 31 heavy (non-hydrogen) atoms. The van der Waals surface area contributed by atoms with Gasteiger partial charge < -0.3 is 9.80 Å². The lowest BCUT2D eigenvalue weighted by Crippen LogP contribution is -2.39. The van der Waals surface area contributed by atoms with Crippen molar-refractivity contribution in [2.45, 2.75) is 70.0 Å². The number of nitrogens with zero attached hydrogens (tertiary/aromatic N) is 5. The van der Waals surface area contributed by atoms with E-state index >= 15 is 0 Å². The first-order chi connectivity index (χ1) is 15.0. The van der Waals surface area contributed by atoms with E-state index in [2.05, 4.69) is 11.9 Å². The molecule has 2 fully saturated rings. The van der Waals surface area contributed by atoms with Gasteiger partial charge in [0.25, 0.3) is 5.91 Å². The molecule has 0 N–H and O–H groups in total. The van der Waals surface area contributed by atoms with Gasteiger partial charge in [-0.15, -0.1) is 5.10 Å². The Morgan fingerprint density at radius 2 is 1.77 bits per heavy atom. The van der Waals surface area contributed by atoms with Crippen molar-refractivity contribution < 1.29 is 4.79 Å². The summed E-state index contributed by atoms with van der Waals surface area (Å²) in [6.07, 6.45) is 9.26. The zero-order valence-corrected chi connectivity index (χ0v) is 20.0. The molecule has 8 heteroatoms. The number of aryl methyl sites for hydroxylation is 1. The molecule has 0 unspecified atom stereocenters. The maximum atomic E-state index is 13.5. The van der Waals surface area contributed by atoms with Crippen molar-refractivity contribution in [1.29, 1.82) is 0 Å². The van der Waals surface area contributed by atoms with Crippen LogP contribution in [-0.4, -0.2) is 62.8 Å². The molecule has 1 heterocycles. The van der Waals surface area contributed by atoms with Gasteiger partial charge in [-0.05, 0) is 82.2 Å². The quantitative estimate of drug-likeness (QED) is 0.522. The summed E-state index contributed by atoms with van der Waals surface area (Å²) in [6, 6.07) is 8.43. The van der Waals surface area contributed by atoms with E-state index in [0.717, 1.165) is 37.5 Å². The van der Waals surface area contributed by atoms with Crippen molar-refractivity contribution in [1.82, 2.24) is 24.1 Å². The Labute approximate surface area is 194 Å². The normalized spacial score (nSPS) is 17.3. The van der Waals surface area contributed by atoms with Gasteiger partial charge in [0.05, 0.1) is 5.69 Å². The fourth-order valence-corrected chi connectivity index (χ4v) is 4.92. The molecular weight excluding hydrogens is 430 g/mol. The van der Waals surface area contributed by atoms with Gasteiger partial charge in [-0.25, -0.2) is 4.68 Å². The molecule has 0 saturated heterocycles. The van der Waals surface area contributed by atoms with Gasteiger partial charge in [0.2, 0.25) is 10.6 Å². The first-order valence-corrected chi connectivity index (χ1v) is 12.2. The van der Waals surface area contributed by atoms with Crippen LogP contribution >= 0.6 is 23.8 Å². The van der Waals surface area contributed by atoms with E-state index < -0.39 is 0 Å². The Morgan fingerprint density at radius 1 is 1.10 bits per heavy atom. The molecule has 168 valence electrons. The van der Waals surface area contributed by atoms with Gasteiger partial charge in [0.15, 0.2) is 0 Å². The van der Waals surface area contributed by atoms with Crippen molar-refractivity contribution in [2.24, 2.45) is 0 Å². The van der Waals surface area contributed by atoms with Crippen LogP contribution in [0.5, 0.6) is 0 Å². The molecule has 1 aromatic heterocycles. The average Bonchev–Trinajstić information content (AvgIpc) is 3.59. The highest BCUT2D eigenvalue weighted by molar-refractivity contribution is 7.71. The Balaban J connectivity index is 1.60. The minimum absolute atomic E-state index is 0.0678. The molecule has 2 aliphatic carbocycles. The first-order valence-electron chi connectivity index (χ1n) is 11.4. The summed E-state index contributed by atoms with van der Waals surface area (Å²) in [6.45, 7) is 1.70. The van der Waals surface area contributed by atoms with Crippen LogP contribution in [0, 0.1) is 4.77 Å². The summed E-state index contributed by atoms with van der Waals surface area (Å²) in [5.74, 6) is 0.317. The van der Waals surface area contributed by atoms with Crippen molar-refractivity contribution in [3.8, 4) is 5.69 Å². The van der Waals surface area contributed by atoms with Crippen molar-refractivity contribution >= 4 is 29.7 Å². The summed E-state index contributed by atoms with van der Waals surface area (Å²) in [4.78, 5) is 17.8. The third kappa shape index (κ3) is 5.21. The molecule has 2 aliphatic rings. The maximum Gasteiger partial charge on any atom is 0.292 e. The highest BCUT2D eigenvalue weighted by atomic mass is 35.5. The van der Waals surface area contributed by atoms with Crippen LogP contribution in [0.15, 0.2) is 24.3 Å². The minimum atomic E-state index is -0.0678. The van der Waals surface area contributed by atoms with Gasteiger partial charge in [0.1, 0.15) is 0 Å². The fraction of sp³-hybridized carbons (Fsp3) is 0.609. The molecular formula is C23H32ClN5OS. The zero-order chi connectivity index (χ0) is 22.0. The average molecular weight is 462 g/mol. The van der Waals surface area contributed by atoms with Crippen LogP contribution in [0.4, 0.5) is 0 Å². The summed E-state index contributed by atoms with van der Waals surface area (Å²) in [5.41, 5.74) is 0.816. The first kappa shape index (κ1) is 22.5. The highest BCUT2D eigenvalue weighted by Gasteiger charge is 2.28. The maximum absolute atomic E-state index is 13.5. The third-order valence-corrected chi connectivity index (χ3v) is 7.25. The second-order valence-corrected chi connectivity index (χ2v) is 9.72. The van der Waals surface area contributed by atoms with Crippen LogP contribution in [0.1, 0.15) is 62.0 Å². The standard InChI is InChI=1S/C23H32ClN5OS/c1-26(18-13-14-18)15-6-16-28-23(31)29(20-11-9-17(24)10-12-20)21(25-28)22(30)27(2)19-7-4-3-5-8-19/h9-12,18-19H,3-8,13-16H2,1-2H3. The Bertz CT molecular complexity index is 959. The lowest BCUT2D eigenvalue weighted by atomic mass is 9.94. The predicted octanol–water partition coefficient (Wildman–Crippen LogP) is 4.95. The summed E-state index contributed by atoms with van der Waals surface area (Å²) >= 11 is 11.9. The fourth-order valence-electron chi connectivity index (χ4n) is 4.47. The van der Waals surface area contributed by atoms with Crippen molar-refractivity contribution in [3.63, 3.8) is 0 Å². The van der Waals surface area contributed by atoms with E-state index in [-0.39, 0.29) is 11.9 Å². The van der Waals surface area contributed by atoms with Gasteiger partial charge in [-0.1, -0.05) is 30.9 Å². The summed E-state index contributed by atoms with van der Waals surface area (Å²) in [5, 5.41) is 5.37. The molecule has 0 aliphatic heterocycles. The number of aromatic nitrogens is 3. The zero-order valence-electron chi connectivity index (χ0n) is 18.5. The van der Waals surface area contributed by atoms with Crippen molar-refractivity contribution in [3.05, 3.63) is 39.9 Å². The van der Waals surface area contributed by atoms with Gasteiger partial charge in [-0.2, -0.15) is 0 Å². The lowest BCUT2D eigenvalue weighted by Gasteiger charge is -2.30. The van der Waals surface area contributed by atoms with E-state index in [1.165, 1.54) is 32.1 Å². The molecule has 0 radical (unpaired) electrons. The molecule has 0 spiro atoms. The summed E-state index contributed by atoms with van der Waals surface area (Å²) in [7, 11) is 4.08. The van der Waals surface area contributed by atoms with Gasteiger partial charge in [0, 0.05) is 30.7 Å². The van der Waals surface area contributed by atoms with E-state index in [1.807, 2.05) is 40.9 Å². The number of halogens is 1. The number of carbonyl (C=O) groups is 1. The highest BCUT2D eigenvalue weighted by Crippen LogP contribution is 2.26. The number of rotatable bonds is 8. The SMILES string of the molecule is CN(CCCn1nc(C(=O)N(C)C2CCCCC2)n(-c2ccc(Cl)cc2)c1=S)C1CC1. The number of hydrogen-bond acceptors (Lipinski definition) is 4. The smallest absolute Gasteiger partial charge is 0.292 e. The van der Waals surface area contributed by atoms with Crippen LogP contribution in [-0.2, 0) is 6.54 Å². The van der Waals surface area contributed by atoms with E-state index in [1.54, 1.807) is 4.57 Å². The largest absolute Gasteiger partial charge is 0.336 e. The number of hydrogen-bond donors (Lipinski definition) is 0. The van der Waals surface area contributed by atoms with E-state index in [4.69, 9.17) is 28.9 Å². The van der Waals surface area contributed by atoms with Gasteiger partial charge >= 0.3 is 0 Å². The molecule has 0 bridgehead atoms. The Morgan fingerprint density at radius 3 is 2.42 bits per heavy atom. The molecule has 6 nitrogen and oxygen atoms in total. The van der Waals surface area contributed by atoms with Crippen LogP contribution in [0.3, 0.4) is 0 Å². The Hall–Kier alpha value is -1.70. The number of carbonyl (C=O) groups excluding carboxylic acids is 1.